The van der Waals surface area contributed by atoms with Crippen molar-refractivity contribution in [3.63, 3.8) is 0 Å². The number of aliphatic carboxylic acids is 1. The highest BCUT2D eigenvalue weighted by atomic mass is 31.3. The molecule has 0 amide bonds. The van der Waals surface area contributed by atoms with Gasteiger partial charge in [0, 0.05) is 0 Å². The zero-order valence-electron chi connectivity index (χ0n) is 19.4. The van der Waals surface area contributed by atoms with Crippen molar-refractivity contribution in [3.8, 4) is 0 Å². The summed E-state index contributed by atoms with van der Waals surface area (Å²) in [7, 11) is -8.85. The maximum Gasteiger partial charge on any atom is 0.418 e. The maximum absolute atomic E-state index is 14.0. The standard InChI is InChI=1S/C18H40N2O8P2/c1-13(2)25-29(23,26-14(3)4)20(17(18(21)22)11-9-10-12-19)30(24,27-15(5)6)28-16(7)8/h13-17H,9-12,19H2,1-8H3,(H,21,22)/t17-/m0/s1. The van der Waals surface area contributed by atoms with E-state index in [1.165, 1.54) is 0 Å². The van der Waals surface area contributed by atoms with E-state index in [0.717, 1.165) is 0 Å². The Morgan fingerprint density at radius 1 is 0.800 bits per heavy atom. The lowest BCUT2D eigenvalue weighted by atomic mass is 10.1. The summed E-state index contributed by atoms with van der Waals surface area (Å²) in [5.41, 5.74) is 5.53. The number of carboxylic acid groups (broad SMARTS) is 1. The summed E-state index contributed by atoms with van der Waals surface area (Å²) in [6, 6.07) is -1.50. The Morgan fingerprint density at radius 3 is 1.37 bits per heavy atom. The second-order valence-corrected chi connectivity index (χ2v) is 11.9. The van der Waals surface area contributed by atoms with Gasteiger partial charge in [0.2, 0.25) is 0 Å². The minimum absolute atomic E-state index is 0.00628. The SMILES string of the molecule is CC(C)OP(=O)(OC(C)C)N([C@@H](CCCCN)C(=O)O)P(=O)(OC(C)C)OC(C)C. The molecule has 0 aromatic heterocycles. The molecule has 0 aliphatic rings. The van der Waals surface area contributed by atoms with Gasteiger partial charge in [-0.05, 0) is 74.8 Å². The van der Waals surface area contributed by atoms with Crippen molar-refractivity contribution >= 4 is 21.5 Å². The third-order valence-electron chi connectivity index (χ3n) is 3.37. The third-order valence-corrected chi connectivity index (χ3v) is 9.00. The van der Waals surface area contributed by atoms with E-state index in [1.807, 2.05) is 0 Å². The van der Waals surface area contributed by atoms with Crippen LogP contribution < -0.4 is 5.73 Å². The molecule has 30 heavy (non-hydrogen) atoms. The van der Waals surface area contributed by atoms with Crippen molar-refractivity contribution in [2.24, 2.45) is 5.73 Å². The Hall–Kier alpha value is -0.310. The van der Waals surface area contributed by atoms with Gasteiger partial charge in [0.1, 0.15) is 6.04 Å². The fourth-order valence-corrected chi connectivity index (χ4v) is 7.91. The minimum atomic E-state index is -4.43. The smallest absolute Gasteiger partial charge is 0.418 e. The Balaban J connectivity index is 6.72. The molecule has 0 saturated heterocycles. The van der Waals surface area contributed by atoms with Crippen molar-refractivity contribution in [1.29, 1.82) is 0 Å². The van der Waals surface area contributed by atoms with E-state index in [0.29, 0.717) is 23.8 Å². The van der Waals surface area contributed by atoms with Crippen LogP contribution in [0.3, 0.4) is 0 Å². The maximum atomic E-state index is 14.0. The predicted octanol–water partition coefficient (Wildman–Crippen LogP) is 4.79. The van der Waals surface area contributed by atoms with Crippen LogP contribution in [0.25, 0.3) is 0 Å². The monoisotopic (exact) mass is 474 g/mol. The molecule has 3 N–H and O–H groups in total. The van der Waals surface area contributed by atoms with E-state index in [9.17, 15) is 19.0 Å². The molecule has 0 heterocycles. The molecular formula is C18H40N2O8P2. The number of carbonyl (C=O) groups is 1. The van der Waals surface area contributed by atoms with Crippen molar-refractivity contribution in [2.45, 2.75) is 105 Å². The number of nitrogens with zero attached hydrogens (tertiary/aromatic N) is 1. The fourth-order valence-electron chi connectivity index (χ4n) is 2.60. The van der Waals surface area contributed by atoms with Gasteiger partial charge in [-0.15, -0.1) is 0 Å². The first-order valence-electron chi connectivity index (χ1n) is 10.3. The fraction of sp³-hybridized carbons (Fsp3) is 0.944. The molecule has 12 heteroatoms. The molecule has 0 radical (unpaired) electrons. The molecule has 180 valence electrons. The number of carboxylic acids is 1. The molecule has 0 fully saturated rings. The van der Waals surface area contributed by atoms with Gasteiger partial charge < -0.3 is 10.8 Å². The predicted molar refractivity (Wildman–Crippen MR) is 116 cm³/mol. The van der Waals surface area contributed by atoms with Crippen LogP contribution in [-0.2, 0) is 32.0 Å². The van der Waals surface area contributed by atoms with E-state index in [4.69, 9.17) is 23.8 Å². The highest BCUT2D eigenvalue weighted by molar-refractivity contribution is 7.67. The first kappa shape index (κ1) is 29.7. The van der Waals surface area contributed by atoms with E-state index in [-0.39, 0.29) is 6.42 Å². The molecule has 0 unspecified atom stereocenters. The van der Waals surface area contributed by atoms with E-state index in [2.05, 4.69) is 0 Å². The second-order valence-electron chi connectivity index (χ2n) is 8.01. The van der Waals surface area contributed by atoms with Gasteiger partial charge in [-0.3, -0.25) is 22.9 Å². The number of hydrogen-bond acceptors (Lipinski definition) is 8. The van der Waals surface area contributed by atoms with Crippen LogP contribution in [0.5, 0.6) is 0 Å². The second kappa shape index (κ2) is 13.3. The molecule has 1 atom stereocenters. The molecule has 0 rings (SSSR count). The van der Waals surface area contributed by atoms with Crippen LogP contribution in [0, 0.1) is 0 Å². The Morgan fingerprint density at radius 2 is 1.13 bits per heavy atom. The van der Waals surface area contributed by atoms with Gasteiger partial charge in [-0.25, -0.2) is 9.13 Å². The average molecular weight is 474 g/mol. The first-order valence-corrected chi connectivity index (χ1v) is 13.3. The number of nitrogens with two attached hydrogens (primary N) is 1. The van der Waals surface area contributed by atoms with Crippen molar-refractivity contribution in [1.82, 2.24) is 4.44 Å². The molecule has 0 spiro atoms. The number of unbranched alkanes of at least 4 members (excludes halogenated alkanes) is 1. The summed E-state index contributed by atoms with van der Waals surface area (Å²) in [4.78, 5) is 12.2. The quantitative estimate of drug-likeness (QED) is 0.237. The molecule has 0 bridgehead atoms. The molecule has 10 nitrogen and oxygen atoms in total. The summed E-state index contributed by atoms with van der Waals surface area (Å²) < 4.78 is 51.1. The molecule has 0 aliphatic carbocycles. The minimum Gasteiger partial charge on any atom is -0.480 e. The normalized spacial score (nSPS) is 14.5. The zero-order chi connectivity index (χ0) is 23.7. The lowest BCUT2D eigenvalue weighted by molar-refractivity contribution is -0.141. The van der Waals surface area contributed by atoms with Gasteiger partial charge in [0.05, 0.1) is 24.4 Å². The average Bonchev–Trinajstić information content (AvgIpc) is 2.49. The van der Waals surface area contributed by atoms with Gasteiger partial charge in [0.25, 0.3) is 0 Å². The first-order chi connectivity index (χ1) is 13.7. The van der Waals surface area contributed by atoms with E-state index in [1.54, 1.807) is 55.4 Å². The van der Waals surface area contributed by atoms with E-state index < -0.39 is 51.9 Å². The zero-order valence-corrected chi connectivity index (χ0v) is 21.2. The topological polar surface area (TPSA) is 138 Å². The molecular weight excluding hydrogens is 434 g/mol. The van der Waals surface area contributed by atoms with Crippen LogP contribution in [0.2, 0.25) is 0 Å². The van der Waals surface area contributed by atoms with Gasteiger partial charge in [-0.1, -0.05) is 10.9 Å². The molecule has 0 aromatic rings. The Kier molecular flexibility index (Phi) is 13.1. The Bertz CT molecular complexity index is 547. The molecule has 0 aliphatic heterocycles. The summed E-state index contributed by atoms with van der Waals surface area (Å²) in [5, 5.41) is 9.97. The van der Waals surface area contributed by atoms with Crippen LogP contribution in [0.4, 0.5) is 0 Å². The van der Waals surface area contributed by atoms with E-state index >= 15 is 0 Å². The number of rotatable bonds is 16. The van der Waals surface area contributed by atoms with Crippen molar-refractivity contribution < 1.29 is 37.1 Å². The Labute approximate surface area is 180 Å². The van der Waals surface area contributed by atoms with Crippen LogP contribution in [0.15, 0.2) is 0 Å². The highest BCUT2D eigenvalue weighted by Crippen LogP contribution is 2.71. The lowest BCUT2D eigenvalue weighted by Gasteiger charge is -2.40. The highest BCUT2D eigenvalue weighted by Gasteiger charge is 2.55. The summed E-state index contributed by atoms with van der Waals surface area (Å²) in [5.74, 6) is -1.34. The molecule has 0 saturated carbocycles. The van der Waals surface area contributed by atoms with Crippen molar-refractivity contribution in [2.75, 3.05) is 6.54 Å². The van der Waals surface area contributed by atoms with Crippen molar-refractivity contribution in [3.05, 3.63) is 0 Å². The summed E-state index contributed by atoms with van der Waals surface area (Å²) >= 11 is 0. The van der Waals surface area contributed by atoms with Gasteiger partial charge >= 0.3 is 21.5 Å². The van der Waals surface area contributed by atoms with Crippen LogP contribution in [-0.4, -0.2) is 52.5 Å². The van der Waals surface area contributed by atoms with Gasteiger partial charge in [0.15, 0.2) is 0 Å². The van der Waals surface area contributed by atoms with Gasteiger partial charge in [-0.2, -0.15) is 0 Å². The summed E-state index contributed by atoms with van der Waals surface area (Å²) in [6.45, 7) is 13.3. The largest absolute Gasteiger partial charge is 0.480 e. The summed E-state index contributed by atoms with van der Waals surface area (Å²) in [6.07, 6.45) is -1.49. The van der Waals surface area contributed by atoms with Crippen LogP contribution >= 0.6 is 15.5 Å². The third kappa shape index (κ3) is 9.88. The molecule has 0 aromatic carbocycles. The van der Waals surface area contributed by atoms with Crippen LogP contribution in [0.1, 0.15) is 74.7 Å². The number of hydrogen-bond donors (Lipinski definition) is 2. The lowest BCUT2D eigenvalue weighted by Crippen LogP contribution is -2.40.